The fourth-order valence-electron chi connectivity index (χ4n) is 2.18. The van der Waals surface area contributed by atoms with Gasteiger partial charge in [-0.2, -0.15) is 0 Å². The Labute approximate surface area is 152 Å². The molecule has 0 spiro atoms. The molecule has 0 bridgehead atoms. The maximum Gasteiger partial charge on any atom is 0.407 e. The van der Waals surface area contributed by atoms with Crippen molar-refractivity contribution in [2.24, 2.45) is 0 Å². The molecular weight excluding hydrogens is 335 g/mol. The molecule has 2 N–H and O–H groups in total. The summed E-state index contributed by atoms with van der Waals surface area (Å²) in [5.74, 6) is 6.41. The molecule has 1 unspecified atom stereocenters. The topological polar surface area (TPSA) is 76.1 Å². The Kier molecular flexibility index (Phi) is 7.37. The van der Waals surface area contributed by atoms with E-state index >= 15 is 0 Å². The number of carbonyl (C=O) groups excluding carboxylic acids is 1. The highest BCUT2D eigenvalue weighted by atomic mass is 19.1. The maximum atomic E-state index is 12.1. The van der Waals surface area contributed by atoms with Crippen molar-refractivity contribution in [2.75, 3.05) is 25.6 Å². The molecule has 136 valence electrons. The smallest absolute Gasteiger partial charge is 0.407 e. The number of alkyl halides is 1. The predicted octanol–water partition coefficient (Wildman–Crippen LogP) is 2.54. The molecule has 0 fully saturated rings. The molecule has 1 amide bonds. The molecule has 0 saturated heterocycles. The number of methoxy groups -OCH3 is 1. The van der Waals surface area contributed by atoms with Gasteiger partial charge >= 0.3 is 6.09 Å². The van der Waals surface area contributed by atoms with E-state index in [1.54, 1.807) is 12.4 Å². The fourth-order valence-corrected chi connectivity index (χ4v) is 2.18. The van der Waals surface area contributed by atoms with Crippen molar-refractivity contribution in [3.8, 4) is 11.8 Å². The predicted molar refractivity (Wildman–Crippen MR) is 97.6 cm³/mol. The van der Waals surface area contributed by atoms with E-state index in [0.717, 1.165) is 11.1 Å². The summed E-state index contributed by atoms with van der Waals surface area (Å²) in [4.78, 5) is 19.3. The van der Waals surface area contributed by atoms with Crippen LogP contribution in [-0.2, 0) is 11.2 Å². The second kappa shape index (κ2) is 9.99. The first-order chi connectivity index (χ1) is 12.6. The molecule has 1 atom stereocenters. The molecule has 1 heterocycles. The molecule has 2 aromatic rings. The van der Waals surface area contributed by atoms with Crippen LogP contribution in [0.3, 0.4) is 0 Å². The number of hydrogen-bond acceptors (Lipinski definition) is 5. The van der Waals surface area contributed by atoms with Crippen LogP contribution in [0.15, 0.2) is 36.7 Å². The van der Waals surface area contributed by atoms with E-state index in [-0.39, 0.29) is 12.6 Å². The third-order valence-corrected chi connectivity index (χ3v) is 3.43. The van der Waals surface area contributed by atoms with Gasteiger partial charge in [-0.25, -0.2) is 19.2 Å². The van der Waals surface area contributed by atoms with Gasteiger partial charge in [0.1, 0.15) is 6.67 Å². The summed E-state index contributed by atoms with van der Waals surface area (Å²) < 4.78 is 16.7. The van der Waals surface area contributed by atoms with E-state index < -0.39 is 12.8 Å². The average Bonchev–Trinajstić information content (AvgIpc) is 2.66. The number of nitrogens with zero attached hydrogens (tertiary/aromatic N) is 2. The third kappa shape index (κ3) is 6.40. The monoisotopic (exact) mass is 356 g/mol. The zero-order valence-electron chi connectivity index (χ0n) is 14.8. The van der Waals surface area contributed by atoms with Crippen molar-refractivity contribution < 1.29 is 13.9 Å². The second-order valence-electron chi connectivity index (χ2n) is 5.60. The molecule has 2 rings (SSSR count). The molecule has 0 aliphatic heterocycles. The van der Waals surface area contributed by atoms with Gasteiger partial charge in [0.25, 0.3) is 0 Å². The van der Waals surface area contributed by atoms with Crippen molar-refractivity contribution in [1.82, 2.24) is 15.3 Å². The van der Waals surface area contributed by atoms with Crippen molar-refractivity contribution in [2.45, 2.75) is 19.4 Å². The Balaban J connectivity index is 1.93. The number of ether oxygens (including phenoxy) is 1. The largest absolute Gasteiger partial charge is 0.453 e. The van der Waals surface area contributed by atoms with Gasteiger partial charge in [-0.15, -0.1) is 0 Å². The molecular formula is C19H21FN4O2. The lowest BCUT2D eigenvalue weighted by Crippen LogP contribution is -2.33. The van der Waals surface area contributed by atoms with Crippen molar-refractivity contribution in [3.63, 3.8) is 0 Å². The quantitative estimate of drug-likeness (QED) is 0.778. The minimum Gasteiger partial charge on any atom is -0.453 e. The highest BCUT2D eigenvalue weighted by Crippen LogP contribution is 2.07. The number of aromatic nitrogens is 2. The van der Waals surface area contributed by atoms with Crippen LogP contribution in [0.25, 0.3) is 0 Å². The normalized spacial score (nSPS) is 11.0. The Morgan fingerprint density at radius 2 is 1.85 bits per heavy atom. The van der Waals surface area contributed by atoms with Gasteiger partial charge in [0, 0.05) is 30.5 Å². The van der Waals surface area contributed by atoms with Crippen LogP contribution in [0.1, 0.15) is 23.6 Å². The van der Waals surface area contributed by atoms with Crippen molar-refractivity contribution in [3.05, 3.63) is 53.3 Å². The SMILES string of the molecule is COC(=O)NC(C)Cc1ccc(C#Cc2cnc(NCCF)nc2)cc1. The molecule has 0 saturated carbocycles. The molecule has 26 heavy (non-hydrogen) atoms. The zero-order valence-corrected chi connectivity index (χ0v) is 14.8. The summed E-state index contributed by atoms with van der Waals surface area (Å²) in [5, 5.41) is 5.48. The van der Waals surface area contributed by atoms with Crippen LogP contribution in [0, 0.1) is 11.8 Å². The molecule has 0 radical (unpaired) electrons. The fraction of sp³-hybridized carbons (Fsp3) is 0.316. The van der Waals surface area contributed by atoms with Crippen LogP contribution in [0.2, 0.25) is 0 Å². The van der Waals surface area contributed by atoms with Gasteiger partial charge in [-0.3, -0.25) is 0 Å². The van der Waals surface area contributed by atoms with Crippen LogP contribution >= 0.6 is 0 Å². The molecule has 0 aliphatic carbocycles. The Hall–Kier alpha value is -3.14. The Morgan fingerprint density at radius 1 is 1.19 bits per heavy atom. The lowest BCUT2D eigenvalue weighted by molar-refractivity contribution is 0.167. The van der Waals surface area contributed by atoms with Crippen molar-refractivity contribution in [1.29, 1.82) is 0 Å². The van der Waals surface area contributed by atoms with E-state index in [4.69, 9.17) is 0 Å². The maximum absolute atomic E-state index is 12.1. The number of carbonyl (C=O) groups is 1. The van der Waals surface area contributed by atoms with Gasteiger partial charge in [0.15, 0.2) is 0 Å². The number of nitrogens with one attached hydrogen (secondary N) is 2. The van der Waals surface area contributed by atoms with E-state index in [9.17, 15) is 9.18 Å². The molecule has 1 aromatic heterocycles. The first kappa shape index (κ1) is 19.2. The summed E-state index contributed by atoms with van der Waals surface area (Å²) in [7, 11) is 1.34. The second-order valence-corrected chi connectivity index (χ2v) is 5.60. The van der Waals surface area contributed by atoms with Gasteiger partial charge in [0.2, 0.25) is 5.95 Å². The number of benzene rings is 1. The minimum atomic E-state index is -0.474. The summed E-state index contributed by atoms with van der Waals surface area (Å²) in [6.45, 7) is 1.63. The molecule has 1 aromatic carbocycles. The number of rotatable bonds is 6. The number of hydrogen-bond donors (Lipinski definition) is 2. The van der Waals surface area contributed by atoms with E-state index in [2.05, 4.69) is 37.2 Å². The van der Waals surface area contributed by atoms with E-state index in [1.165, 1.54) is 7.11 Å². The van der Waals surface area contributed by atoms with Gasteiger partial charge in [0.05, 0.1) is 12.7 Å². The first-order valence-electron chi connectivity index (χ1n) is 8.18. The highest BCUT2D eigenvalue weighted by Gasteiger charge is 2.07. The Morgan fingerprint density at radius 3 is 2.46 bits per heavy atom. The average molecular weight is 356 g/mol. The lowest BCUT2D eigenvalue weighted by atomic mass is 10.1. The molecule has 7 heteroatoms. The van der Waals surface area contributed by atoms with Crippen LogP contribution in [0.4, 0.5) is 15.1 Å². The minimum absolute atomic E-state index is 0.0268. The first-order valence-corrected chi connectivity index (χ1v) is 8.18. The Bertz CT molecular complexity index is 767. The summed E-state index contributed by atoms with van der Waals surface area (Å²) in [6, 6.07) is 7.76. The van der Waals surface area contributed by atoms with Crippen LogP contribution in [-0.4, -0.2) is 42.4 Å². The van der Waals surface area contributed by atoms with E-state index in [1.807, 2.05) is 31.2 Å². The van der Waals surface area contributed by atoms with Crippen LogP contribution in [0.5, 0.6) is 0 Å². The zero-order chi connectivity index (χ0) is 18.8. The number of amides is 1. The van der Waals surface area contributed by atoms with Crippen molar-refractivity contribution >= 4 is 12.0 Å². The number of anilines is 1. The summed E-state index contributed by atoms with van der Waals surface area (Å²) in [6.07, 6.45) is 3.45. The summed E-state index contributed by atoms with van der Waals surface area (Å²) >= 11 is 0. The van der Waals surface area contributed by atoms with Crippen LogP contribution < -0.4 is 10.6 Å². The number of alkyl carbamates (subject to hydrolysis) is 1. The van der Waals surface area contributed by atoms with Gasteiger partial charge in [-0.05, 0) is 31.0 Å². The third-order valence-electron chi connectivity index (χ3n) is 3.43. The summed E-state index contributed by atoms with van der Waals surface area (Å²) in [5.41, 5.74) is 2.63. The molecule has 0 aliphatic rings. The number of halogens is 1. The van der Waals surface area contributed by atoms with Gasteiger partial charge in [-0.1, -0.05) is 24.0 Å². The standard InChI is InChI=1S/C19H21FN4O2/c1-14(24-19(25)26-2)11-16-6-3-15(4-7-16)5-8-17-12-22-18(23-13-17)21-10-9-20/h3-4,6-7,12-14H,9-11H2,1-2H3,(H,24,25)(H,21,22,23). The highest BCUT2D eigenvalue weighted by molar-refractivity contribution is 5.67. The van der Waals surface area contributed by atoms with Gasteiger partial charge < -0.3 is 15.4 Å². The molecule has 6 nitrogen and oxygen atoms in total. The van der Waals surface area contributed by atoms with E-state index in [0.29, 0.717) is 17.9 Å². The lowest BCUT2D eigenvalue weighted by Gasteiger charge is -2.12.